The van der Waals surface area contributed by atoms with Crippen LogP contribution in [0.1, 0.15) is 27.5 Å². The molecule has 0 bridgehead atoms. The maximum Gasteiger partial charge on any atom is 0.240 e. The van der Waals surface area contributed by atoms with Gasteiger partial charge in [0, 0.05) is 11.8 Å². The number of hydrogen-bond acceptors (Lipinski definition) is 4. The van der Waals surface area contributed by atoms with Crippen molar-refractivity contribution < 1.29 is 18.8 Å². The molecule has 2 saturated heterocycles. The maximum absolute atomic E-state index is 13.8. The van der Waals surface area contributed by atoms with Gasteiger partial charge in [0.1, 0.15) is 11.9 Å². The van der Waals surface area contributed by atoms with E-state index in [-0.39, 0.29) is 16.5 Å². The lowest BCUT2D eigenvalue weighted by molar-refractivity contribution is -0.123. The first-order valence-corrected chi connectivity index (χ1v) is 11.3. The molecule has 0 aliphatic carbocycles. The fourth-order valence-corrected chi connectivity index (χ4v) is 5.68. The molecule has 3 aromatic carbocycles. The lowest BCUT2D eigenvalue weighted by Gasteiger charge is -2.35. The maximum atomic E-state index is 13.8. The van der Waals surface area contributed by atoms with Gasteiger partial charge < -0.3 is 4.90 Å². The fraction of sp³-hybridized carbons (Fsp3) is 0.148. The molecule has 4 atom stereocenters. The first-order valence-electron chi connectivity index (χ1n) is 10.9. The smallest absolute Gasteiger partial charge is 0.240 e. The second kappa shape index (κ2) is 7.64. The van der Waals surface area contributed by atoms with E-state index in [1.165, 1.54) is 12.1 Å². The minimum atomic E-state index is -0.884. The van der Waals surface area contributed by atoms with E-state index in [2.05, 4.69) is 0 Å². The van der Waals surface area contributed by atoms with Crippen LogP contribution in [0.2, 0.25) is 5.02 Å². The topological polar surface area (TPSA) is 57.7 Å². The van der Waals surface area contributed by atoms with Gasteiger partial charge in [0.05, 0.1) is 28.6 Å². The Kier molecular flexibility index (Phi) is 4.67. The van der Waals surface area contributed by atoms with Crippen LogP contribution in [0.5, 0.6) is 0 Å². The minimum absolute atomic E-state index is 0.181. The molecule has 2 amide bonds. The summed E-state index contributed by atoms with van der Waals surface area (Å²) in [6.07, 6.45) is 3.72. The molecule has 0 aromatic heterocycles. The quantitative estimate of drug-likeness (QED) is 0.403. The highest BCUT2D eigenvalue weighted by molar-refractivity contribution is 6.31. The Balaban J connectivity index is 1.50. The Bertz CT molecular complexity index is 1390. The van der Waals surface area contributed by atoms with Crippen LogP contribution >= 0.6 is 11.6 Å². The third kappa shape index (κ3) is 2.88. The molecular formula is C27H18ClFN2O3. The van der Waals surface area contributed by atoms with Crippen LogP contribution in [0.25, 0.3) is 6.08 Å². The molecule has 5 nitrogen and oxygen atoms in total. The number of hydrogen-bond donors (Lipinski definition) is 0. The first-order chi connectivity index (χ1) is 16.5. The first kappa shape index (κ1) is 20.8. The van der Waals surface area contributed by atoms with Gasteiger partial charge in [0.25, 0.3) is 0 Å². The van der Waals surface area contributed by atoms with Gasteiger partial charge in [-0.05, 0) is 35.4 Å². The highest BCUT2D eigenvalue weighted by atomic mass is 35.5. The van der Waals surface area contributed by atoms with E-state index in [0.717, 1.165) is 22.1 Å². The molecule has 6 rings (SSSR count). The zero-order valence-corrected chi connectivity index (χ0v) is 18.5. The number of Topliss-reactive ketones (excluding diaryl/α,β-unsaturated/α-hetero) is 1. The normalized spacial score (nSPS) is 24.8. The second-order valence-electron chi connectivity index (χ2n) is 8.67. The summed E-state index contributed by atoms with van der Waals surface area (Å²) in [6, 6.07) is 18.9. The van der Waals surface area contributed by atoms with Crippen LogP contribution in [-0.2, 0) is 9.59 Å². The Labute approximate surface area is 200 Å². The molecule has 0 saturated carbocycles. The van der Waals surface area contributed by atoms with E-state index in [0.29, 0.717) is 5.56 Å². The lowest BCUT2D eigenvalue weighted by Crippen LogP contribution is -2.44. The van der Waals surface area contributed by atoms with E-state index in [1.54, 1.807) is 24.3 Å². The number of anilines is 1. The average molecular weight is 473 g/mol. The molecule has 3 aliphatic rings. The SMILES string of the molecule is O=C(c1ccccc1)C1C2C(=O)N(c3ccc(F)c(Cl)c3)C(=O)C2C2c3ccccc3C=CN12. The molecule has 3 aromatic rings. The molecule has 0 spiro atoms. The number of nitrogens with zero attached hydrogens (tertiary/aromatic N) is 2. The summed E-state index contributed by atoms with van der Waals surface area (Å²) in [7, 11) is 0. The third-order valence-electron chi connectivity index (χ3n) is 6.95. The van der Waals surface area contributed by atoms with Gasteiger partial charge in [-0.2, -0.15) is 0 Å². The largest absolute Gasteiger partial charge is 0.358 e. The molecule has 168 valence electrons. The summed E-state index contributed by atoms with van der Waals surface area (Å²) in [5, 5.41) is -0.181. The average Bonchev–Trinajstić information content (AvgIpc) is 3.33. The number of carbonyl (C=O) groups is 3. The summed E-state index contributed by atoms with van der Waals surface area (Å²) in [5.41, 5.74) is 2.51. The van der Waals surface area contributed by atoms with Crippen molar-refractivity contribution in [2.75, 3.05) is 4.90 Å². The summed E-state index contributed by atoms with van der Waals surface area (Å²) >= 11 is 5.95. The fourth-order valence-electron chi connectivity index (χ4n) is 5.51. The molecule has 0 radical (unpaired) electrons. The van der Waals surface area contributed by atoms with Crippen LogP contribution in [0.15, 0.2) is 79.0 Å². The van der Waals surface area contributed by atoms with Crippen molar-refractivity contribution in [2.45, 2.75) is 12.1 Å². The van der Waals surface area contributed by atoms with E-state index in [9.17, 15) is 18.8 Å². The van der Waals surface area contributed by atoms with Crippen LogP contribution in [0.4, 0.5) is 10.1 Å². The number of imide groups is 1. The van der Waals surface area contributed by atoms with Crippen molar-refractivity contribution in [3.63, 3.8) is 0 Å². The van der Waals surface area contributed by atoms with Gasteiger partial charge >= 0.3 is 0 Å². The molecule has 3 aliphatic heterocycles. The predicted molar refractivity (Wildman–Crippen MR) is 125 cm³/mol. The standard InChI is InChI=1S/C27H18ClFN2O3/c28-19-14-17(10-11-20(19)29)31-26(33)21-22(27(31)34)24(25(32)16-7-2-1-3-8-16)30-13-12-15-6-4-5-9-18(15)23(21)30/h1-14,21-24H. The number of benzene rings is 3. The molecule has 4 unspecified atom stereocenters. The number of ketones is 1. The second-order valence-corrected chi connectivity index (χ2v) is 9.08. The van der Waals surface area contributed by atoms with Crippen molar-refractivity contribution >= 4 is 41.0 Å². The van der Waals surface area contributed by atoms with Crippen LogP contribution in [0, 0.1) is 17.7 Å². The Morgan fingerprint density at radius 2 is 1.59 bits per heavy atom. The van der Waals surface area contributed by atoms with E-state index in [1.807, 2.05) is 47.5 Å². The monoisotopic (exact) mass is 472 g/mol. The lowest BCUT2D eigenvalue weighted by atomic mass is 9.83. The van der Waals surface area contributed by atoms with Crippen LogP contribution < -0.4 is 4.90 Å². The number of fused-ring (bicyclic) bond motifs is 5. The molecule has 0 N–H and O–H groups in total. The molecule has 3 heterocycles. The van der Waals surface area contributed by atoms with Gasteiger partial charge in [0.2, 0.25) is 11.8 Å². The van der Waals surface area contributed by atoms with Crippen molar-refractivity contribution in [1.29, 1.82) is 0 Å². The van der Waals surface area contributed by atoms with Crippen molar-refractivity contribution in [2.24, 2.45) is 11.8 Å². The zero-order valence-electron chi connectivity index (χ0n) is 17.8. The summed E-state index contributed by atoms with van der Waals surface area (Å²) in [6.45, 7) is 0. The number of halogens is 2. The van der Waals surface area contributed by atoms with E-state index < -0.39 is 41.6 Å². The Morgan fingerprint density at radius 1 is 0.882 bits per heavy atom. The third-order valence-corrected chi connectivity index (χ3v) is 7.24. The minimum Gasteiger partial charge on any atom is -0.358 e. The zero-order chi connectivity index (χ0) is 23.6. The van der Waals surface area contributed by atoms with Crippen molar-refractivity contribution in [1.82, 2.24) is 4.90 Å². The Morgan fingerprint density at radius 3 is 2.35 bits per heavy atom. The van der Waals surface area contributed by atoms with Crippen molar-refractivity contribution in [3.05, 3.63) is 107 Å². The molecule has 7 heteroatoms. The van der Waals surface area contributed by atoms with Crippen molar-refractivity contribution in [3.8, 4) is 0 Å². The van der Waals surface area contributed by atoms with Gasteiger partial charge in [0.15, 0.2) is 5.78 Å². The molecule has 2 fully saturated rings. The summed E-state index contributed by atoms with van der Waals surface area (Å²) in [4.78, 5) is 44.2. The highest BCUT2D eigenvalue weighted by Crippen LogP contribution is 2.53. The summed E-state index contributed by atoms with van der Waals surface area (Å²) < 4.78 is 13.8. The highest BCUT2D eigenvalue weighted by Gasteiger charge is 2.64. The van der Waals surface area contributed by atoms with Crippen LogP contribution in [-0.4, -0.2) is 28.5 Å². The molecular weight excluding hydrogens is 455 g/mol. The van der Waals surface area contributed by atoms with E-state index >= 15 is 0 Å². The van der Waals surface area contributed by atoms with E-state index in [4.69, 9.17) is 11.6 Å². The van der Waals surface area contributed by atoms with Gasteiger partial charge in [-0.1, -0.05) is 66.2 Å². The summed E-state index contributed by atoms with van der Waals surface area (Å²) in [5.74, 6) is -3.40. The number of rotatable bonds is 3. The molecule has 34 heavy (non-hydrogen) atoms. The predicted octanol–water partition coefficient (Wildman–Crippen LogP) is 4.88. The Hall–Kier alpha value is -3.77. The number of amides is 2. The van der Waals surface area contributed by atoms with Gasteiger partial charge in [-0.3, -0.25) is 14.4 Å². The van der Waals surface area contributed by atoms with Gasteiger partial charge in [-0.25, -0.2) is 9.29 Å². The van der Waals surface area contributed by atoms with Crippen LogP contribution in [0.3, 0.4) is 0 Å². The van der Waals surface area contributed by atoms with Gasteiger partial charge in [-0.15, -0.1) is 0 Å². The number of carbonyl (C=O) groups excluding carboxylic acids is 3.